The van der Waals surface area contributed by atoms with Crippen LogP contribution in [0.2, 0.25) is 0 Å². The third kappa shape index (κ3) is 4.69. The van der Waals surface area contributed by atoms with Crippen LogP contribution in [-0.2, 0) is 4.79 Å². The van der Waals surface area contributed by atoms with Crippen LogP contribution in [0, 0.1) is 0 Å². The minimum absolute atomic E-state index is 0.000589. The zero-order valence-corrected chi connectivity index (χ0v) is 16.9. The van der Waals surface area contributed by atoms with E-state index in [0.29, 0.717) is 19.0 Å². The Hall–Kier alpha value is -2.44. The predicted molar refractivity (Wildman–Crippen MR) is 114 cm³/mol. The zero-order chi connectivity index (χ0) is 19.2. The highest BCUT2D eigenvalue weighted by Crippen LogP contribution is 2.34. The minimum atomic E-state index is -0.127. The number of benzene rings is 2. The first kappa shape index (κ1) is 18.9. The number of thioether (sulfide) groups is 1. The van der Waals surface area contributed by atoms with Gasteiger partial charge in [0.05, 0.1) is 25.0 Å². The number of thiophene rings is 1. The van der Waals surface area contributed by atoms with E-state index in [2.05, 4.69) is 11.4 Å². The number of carbonyl (C=O) groups excluding carboxylic acids is 1. The number of rotatable bonds is 6. The molecule has 1 N–H and O–H groups in total. The van der Waals surface area contributed by atoms with Crippen LogP contribution in [0.15, 0.2) is 70.9 Å². The van der Waals surface area contributed by atoms with Gasteiger partial charge < -0.3 is 14.8 Å². The normalized spacial score (nSPS) is 14.1. The van der Waals surface area contributed by atoms with Crippen LogP contribution in [0.4, 0.5) is 0 Å². The summed E-state index contributed by atoms with van der Waals surface area (Å²) in [6, 6.07) is 19.8. The zero-order valence-electron chi connectivity index (χ0n) is 15.3. The first-order valence-electron chi connectivity index (χ1n) is 9.20. The maximum atomic E-state index is 12.7. The molecule has 0 saturated heterocycles. The van der Waals surface area contributed by atoms with E-state index in [0.717, 1.165) is 33.3 Å². The molecule has 1 aromatic heterocycles. The van der Waals surface area contributed by atoms with Crippen LogP contribution in [0.25, 0.3) is 0 Å². The van der Waals surface area contributed by atoms with Crippen LogP contribution < -0.4 is 14.8 Å². The van der Waals surface area contributed by atoms with E-state index in [1.54, 1.807) is 11.3 Å². The maximum absolute atomic E-state index is 12.7. The second-order valence-corrected chi connectivity index (χ2v) is 8.40. The number of hydrogen-bond donors (Lipinski definition) is 1. The Bertz CT molecular complexity index is 913. The second-order valence-electron chi connectivity index (χ2n) is 6.37. The highest BCUT2D eigenvalue weighted by atomic mass is 32.2. The van der Waals surface area contributed by atoms with Gasteiger partial charge in [-0.05, 0) is 35.2 Å². The van der Waals surface area contributed by atoms with Gasteiger partial charge in [0.2, 0.25) is 5.91 Å². The molecule has 0 fully saturated rings. The summed E-state index contributed by atoms with van der Waals surface area (Å²) in [4.78, 5) is 14.8. The smallest absolute Gasteiger partial charge is 0.231 e. The summed E-state index contributed by atoms with van der Waals surface area (Å²) in [7, 11) is 0. The van der Waals surface area contributed by atoms with E-state index >= 15 is 0 Å². The van der Waals surface area contributed by atoms with Gasteiger partial charge in [-0.25, -0.2) is 0 Å². The Morgan fingerprint density at radius 3 is 2.64 bits per heavy atom. The molecule has 0 bridgehead atoms. The van der Waals surface area contributed by atoms with Crippen molar-refractivity contribution in [2.45, 2.75) is 17.4 Å². The van der Waals surface area contributed by atoms with Crippen molar-refractivity contribution in [2.75, 3.05) is 19.0 Å². The quantitative estimate of drug-likeness (QED) is 0.586. The van der Waals surface area contributed by atoms with E-state index in [1.165, 1.54) is 11.8 Å². The van der Waals surface area contributed by atoms with Crippen molar-refractivity contribution in [2.24, 2.45) is 0 Å². The van der Waals surface area contributed by atoms with Crippen molar-refractivity contribution in [3.8, 4) is 11.5 Å². The Morgan fingerprint density at radius 1 is 1.04 bits per heavy atom. The van der Waals surface area contributed by atoms with Crippen LogP contribution >= 0.6 is 23.1 Å². The molecule has 144 valence electrons. The van der Waals surface area contributed by atoms with Crippen molar-refractivity contribution in [1.29, 1.82) is 0 Å². The van der Waals surface area contributed by atoms with Crippen LogP contribution in [-0.4, -0.2) is 24.9 Å². The van der Waals surface area contributed by atoms with Gasteiger partial charge in [-0.2, -0.15) is 0 Å². The molecule has 1 atom stereocenters. The monoisotopic (exact) mass is 411 g/mol. The van der Waals surface area contributed by atoms with Crippen molar-refractivity contribution in [1.82, 2.24) is 5.32 Å². The topological polar surface area (TPSA) is 47.6 Å². The predicted octanol–water partition coefficient (Wildman–Crippen LogP) is 4.91. The third-order valence-electron chi connectivity index (χ3n) is 4.35. The van der Waals surface area contributed by atoms with Gasteiger partial charge in [-0.1, -0.05) is 36.4 Å². The fraction of sp³-hybridized carbons (Fsp3) is 0.227. The molecular formula is C22H21NO3S2. The van der Waals surface area contributed by atoms with E-state index < -0.39 is 0 Å². The molecule has 6 heteroatoms. The number of ether oxygens (including phenoxy) is 2. The van der Waals surface area contributed by atoms with Crippen LogP contribution in [0.3, 0.4) is 0 Å². The third-order valence-corrected chi connectivity index (χ3v) is 6.29. The number of fused-ring (bicyclic) bond motifs is 1. The Kier molecular flexibility index (Phi) is 6.19. The number of carbonyl (C=O) groups is 1. The Balaban J connectivity index is 1.41. The molecule has 0 saturated carbocycles. The van der Waals surface area contributed by atoms with Crippen LogP contribution in [0.1, 0.15) is 22.9 Å². The summed E-state index contributed by atoms with van der Waals surface area (Å²) in [6.07, 6.45) is 0.878. The summed E-state index contributed by atoms with van der Waals surface area (Å²) < 4.78 is 11.4. The molecule has 1 aliphatic rings. The average molecular weight is 412 g/mol. The van der Waals surface area contributed by atoms with Crippen molar-refractivity contribution < 1.29 is 14.3 Å². The van der Waals surface area contributed by atoms with Crippen LogP contribution in [0.5, 0.6) is 11.5 Å². The summed E-state index contributed by atoms with van der Waals surface area (Å²) in [5.41, 5.74) is 1.08. The lowest BCUT2D eigenvalue weighted by Gasteiger charge is -2.18. The van der Waals surface area contributed by atoms with E-state index in [-0.39, 0.29) is 11.9 Å². The molecule has 0 spiro atoms. The van der Waals surface area contributed by atoms with Gasteiger partial charge in [0.1, 0.15) is 0 Å². The molecule has 1 unspecified atom stereocenters. The van der Waals surface area contributed by atoms with Gasteiger partial charge >= 0.3 is 0 Å². The number of nitrogens with one attached hydrogen (secondary N) is 1. The first-order chi connectivity index (χ1) is 13.8. The summed E-state index contributed by atoms with van der Waals surface area (Å²) in [5, 5.41) is 5.20. The Labute approximate surface area is 172 Å². The lowest BCUT2D eigenvalue weighted by molar-refractivity contribution is -0.119. The molecule has 2 aromatic carbocycles. The maximum Gasteiger partial charge on any atom is 0.231 e. The van der Waals surface area contributed by atoms with E-state index in [4.69, 9.17) is 9.47 Å². The molecule has 1 amide bonds. The van der Waals surface area contributed by atoms with Gasteiger partial charge in [-0.15, -0.1) is 23.1 Å². The van der Waals surface area contributed by atoms with Gasteiger partial charge in [0, 0.05) is 16.2 Å². The minimum Gasteiger partial charge on any atom is -0.490 e. The molecule has 28 heavy (non-hydrogen) atoms. The highest BCUT2D eigenvalue weighted by molar-refractivity contribution is 8.00. The molecule has 3 aromatic rings. The SMILES string of the molecule is O=C(CSc1ccc2c(c1)OCCCO2)NC(c1ccccc1)c1cccs1. The summed E-state index contributed by atoms with van der Waals surface area (Å²) in [6.45, 7) is 1.33. The largest absolute Gasteiger partial charge is 0.490 e. The molecule has 2 heterocycles. The molecule has 0 radical (unpaired) electrons. The molecule has 4 rings (SSSR count). The average Bonchev–Trinajstić information content (AvgIpc) is 3.16. The van der Waals surface area contributed by atoms with Crippen molar-refractivity contribution in [3.63, 3.8) is 0 Å². The van der Waals surface area contributed by atoms with Gasteiger partial charge in [0.25, 0.3) is 0 Å². The number of hydrogen-bond acceptors (Lipinski definition) is 5. The molecule has 1 aliphatic heterocycles. The second kappa shape index (κ2) is 9.17. The molecule has 4 nitrogen and oxygen atoms in total. The van der Waals surface area contributed by atoms with E-state index in [9.17, 15) is 4.79 Å². The molecule has 0 aliphatic carbocycles. The summed E-state index contributed by atoms with van der Waals surface area (Å²) in [5.74, 6) is 1.87. The highest BCUT2D eigenvalue weighted by Gasteiger charge is 2.18. The molecular weight excluding hydrogens is 390 g/mol. The fourth-order valence-electron chi connectivity index (χ4n) is 3.00. The number of amides is 1. The van der Waals surface area contributed by atoms with Gasteiger partial charge in [0.15, 0.2) is 11.5 Å². The summed E-state index contributed by atoms with van der Waals surface area (Å²) >= 11 is 3.15. The first-order valence-corrected chi connectivity index (χ1v) is 11.1. The fourth-order valence-corrected chi connectivity index (χ4v) is 4.54. The van der Waals surface area contributed by atoms with Crippen molar-refractivity contribution >= 4 is 29.0 Å². The van der Waals surface area contributed by atoms with Gasteiger partial charge in [-0.3, -0.25) is 4.79 Å². The lowest BCUT2D eigenvalue weighted by Crippen LogP contribution is -2.30. The van der Waals surface area contributed by atoms with Crippen molar-refractivity contribution in [3.05, 3.63) is 76.5 Å². The standard InChI is InChI=1S/C22H21NO3S2/c24-21(15-28-17-9-10-18-19(14-17)26-12-5-11-25-18)23-22(20-8-4-13-27-20)16-6-2-1-3-7-16/h1-4,6-10,13-14,22H,5,11-12,15H2,(H,23,24). The Morgan fingerprint density at radius 2 is 1.86 bits per heavy atom. The van der Waals surface area contributed by atoms with E-state index in [1.807, 2.05) is 60.0 Å². The lowest BCUT2D eigenvalue weighted by atomic mass is 10.1.